The lowest BCUT2D eigenvalue weighted by molar-refractivity contribution is 0.129. The van der Waals surface area contributed by atoms with Crippen LogP contribution in [0.15, 0.2) is 22.9 Å². The van der Waals surface area contributed by atoms with Crippen molar-refractivity contribution in [1.82, 2.24) is 4.98 Å². The fourth-order valence-electron chi connectivity index (χ4n) is 0.853. The maximum Gasteiger partial charge on any atom is 0.0715 e. The number of hydrogen-bond donors (Lipinski definition) is 1. The predicted octanol–water partition coefficient (Wildman–Crippen LogP) is 2.29. The Bertz CT molecular complexity index is 268. The van der Waals surface area contributed by atoms with Gasteiger partial charge in [0, 0.05) is 24.3 Å². The van der Waals surface area contributed by atoms with Crippen LogP contribution < -0.4 is 5.32 Å². The molecular formula is C9H13BrN2O. The number of nitrogens with one attached hydrogen (secondary N) is 1. The minimum absolute atomic E-state index is 0.207. The van der Waals surface area contributed by atoms with Crippen LogP contribution >= 0.6 is 15.9 Å². The molecule has 0 bridgehead atoms. The molecule has 0 spiro atoms. The van der Waals surface area contributed by atoms with Crippen LogP contribution in [0.25, 0.3) is 0 Å². The van der Waals surface area contributed by atoms with Crippen molar-refractivity contribution < 1.29 is 4.74 Å². The zero-order chi connectivity index (χ0) is 9.68. The molecule has 0 saturated carbocycles. The molecule has 0 fully saturated rings. The van der Waals surface area contributed by atoms with Crippen molar-refractivity contribution in [3.05, 3.63) is 22.9 Å². The van der Waals surface area contributed by atoms with Crippen molar-refractivity contribution in [3.8, 4) is 0 Å². The first-order chi connectivity index (χ1) is 6.22. The summed E-state index contributed by atoms with van der Waals surface area (Å²) < 4.78 is 6.08. The largest absolute Gasteiger partial charge is 0.381 e. The van der Waals surface area contributed by atoms with Gasteiger partial charge in [-0.15, -0.1) is 0 Å². The molecule has 3 nitrogen and oxygen atoms in total. The third-order valence-electron chi connectivity index (χ3n) is 1.70. The van der Waals surface area contributed by atoms with Crippen LogP contribution in [0.5, 0.6) is 0 Å². The second-order valence-corrected chi connectivity index (χ2v) is 3.73. The number of aromatic nitrogens is 1. The molecule has 13 heavy (non-hydrogen) atoms. The van der Waals surface area contributed by atoms with E-state index < -0.39 is 0 Å². The Morgan fingerprint density at radius 1 is 1.62 bits per heavy atom. The van der Waals surface area contributed by atoms with Crippen LogP contribution in [0.3, 0.4) is 0 Å². The van der Waals surface area contributed by atoms with E-state index in [1.165, 1.54) is 0 Å². The van der Waals surface area contributed by atoms with Crippen LogP contribution in [0.1, 0.15) is 6.92 Å². The van der Waals surface area contributed by atoms with Crippen LogP contribution in [0, 0.1) is 0 Å². The van der Waals surface area contributed by atoms with Crippen molar-refractivity contribution in [2.75, 3.05) is 19.0 Å². The lowest BCUT2D eigenvalue weighted by atomic mass is 10.3. The average Bonchev–Trinajstić information content (AvgIpc) is 2.14. The van der Waals surface area contributed by atoms with Crippen molar-refractivity contribution in [2.24, 2.45) is 0 Å². The van der Waals surface area contributed by atoms with E-state index in [0.717, 1.165) is 16.7 Å². The predicted molar refractivity (Wildman–Crippen MR) is 56.9 cm³/mol. The zero-order valence-corrected chi connectivity index (χ0v) is 9.34. The van der Waals surface area contributed by atoms with Gasteiger partial charge in [-0.1, -0.05) is 0 Å². The summed E-state index contributed by atoms with van der Waals surface area (Å²) >= 11 is 3.35. The summed E-state index contributed by atoms with van der Waals surface area (Å²) in [5.41, 5.74) is 0.998. The molecule has 0 saturated heterocycles. The summed E-state index contributed by atoms with van der Waals surface area (Å²) in [5, 5.41) is 3.22. The lowest BCUT2D eigenvalue weighted by Crippen LogP contribution is -2.18. The lowest BCUT2D eigenvalue weighted by Gasteiger charge is -2.11. The number of rotatable bonds is 4. The normalized spacial score (nSPS) is 12.5. The third kappa shape index (κ3) is 3.74. The molecule has 0 amide bonds. The number of halogens is 1. The summed E-state index contributed by atoms with van der Waals surface area (Å²) in [4.78, 5) is 4.04. The van der Waals surface area contributed by atoms with E-state index in [-0.39, 0.29) is 6.10 Å². The molecular weight excluding hydrogens is 232 g/mol. The molecule has 1 N–H and O–H groups in total. The molecule has 0 aliphatic carbocycles. The second-order valence-electron chi connectivity index (χ2n) is 2.82. The van der Waals surface area contributed by atoms with Gasteiger partial charge in [0.25, 0.3) is 0 Å². The van der Waals surface area contributed by atoms with E-state index in [2.05, 4.69) is 26.2 Å². The Morgan fingerprint density at radius 2 is 2.38 bits per heavy atom. The van der Waals surface area contributed by atoms with Crippen LogP contribution in [-0.2, 0) is 4.74 Å². The Hall–Kier alpha value is -0.610. The molecule has 72 valence electrons. The summed E-state index contributed by atoms with van der Waals surface area (Å²) in [6, 6.07) is 1.98. The maximum absolute atomic E-state index is 5.11. The quantitative estimate of drug-likeness (QED) is 0.883. The number of hydrogen-bond acceptors (Lipinski definition) is 3. The zero-order valence-electron chi connectivity index (χ0n) is 7.75. The van der Waals surface area contributed by atoms with E-state index in [1.807, 2.05) is 13.0 Å². The Labute approximate surface area is 86.6 Å². The van der Waals surface area contributed by atoms with E-state index in [1.54, 1.807) is 19.5 Å². The molecule has 1 aromatic rings. The van der Waals surface area contributed by atoms with Gasteiger partial charge in [0.1, 0.15) is 0 Å². The van der Waals surface area contributed by atoms with E-state index in [4.69, 9.17) is 4.74 Å². The molecule has 4 heteroatoms. The summed E-state index contributed by atoms with van der Waals surface area (Å²) in [6.45, 7) is 2.80. The minimum Gasteiger partial charge on any atom is -0.381 e. The molecule has 0 aliphatic heterocycles. The molecule has 1 unspecified atom stereocenters. The van der Waals surface area contributed by atoms with E-state index in [9.17, 15) is 0 Å². The highest BCUT2D eigenvalue weighted by Crippen LogP contribution is 2.13. The fraction of sp³-hybridized carbons (Fsp3) is 0.444. The van der Waals surface area contributed by atoms with Crippen molar-refractivity contribution in [3.63, 3.8) is 0 Å². The summed E-state index contributed by atoms with van der Waals surface area (Å²) in [6.07, 6.45) is 3.75. The maximum atomic E-state index is 5.11. The van der Waals surface area contributed by atoms with Crippen molar-refractivity contribution >= 4 is 21.6 Å². The third-order valence-corrected chi connectivity index (χ3v) is 2.13. The van der Waals surface area contributed by atoms with Gasteiger partial charge in [0.15, 0.2) is 0 Å². The molecule has 1 aromatic heterocycles. The Balaban J connectivity index is 2.45. The standard InChI is InChI=1S/C9H13BrN2O/c1-7(13-2)4-12-9-3-8(10)5-11-6-9/h3,5-7,12H,4H2,1-2H3. The summed E-state index contributed by atoms with van der Waals surface area (Å²) in [5.74, 6) is 0. The highest BCUT2D eigenvalue weighted by Gasteiger charge is 1.99. The highest BCUT2D eigenvalue weighted by atomic mass is 79.9. The number of anilines is 1. The van der Waals surface area contributed by atoms with E-state index >= 15 is 0 Å². The molecule has 1 rings (SSSR count). The first-order valence-electron chi connectivity index (χ1n) is 4.09. The van der Waals surface area contributed by atoms with Crippen LogP contribution in [0.2, 0.25) is 0 Å². The fourth-order valence-corrected chi connectivity index (χ4v) is 1.22. The molecule has 1 heterocycles. The molecule has 1 atom stereocenters. The number of ether oxygens (including phenoxy) is 1. The highest BCUT2D eigenvalue weighted by molar-refractivity contribution is 9.10. The molecule has 0 radical (unpaired) electrons. The Morgan fingerprint density at radius 3 is 3.00 bits per heavy atom. The molecule has 0 aromatic carbocycles. The number of nitrogens with zero attached hydrogens (tertiary/aromatic N) is 1. The van der Waals surface area contributed by atoms with Gasteiger partial charge in [0.2, 0.25) is 0 Å². The van der Waals surface area contributed by atoms with Gasteiger partial charge in [-0.05, 0) is 28.9 Å². The van der Waals surface area contributed by atoms with Crippen LogP contribution in [0.4, 0.5) is 5.69 Å². The van der Waals surface area contributed by atoms with Gasteiger partial charge in [-0.2, -0.15) is 0 Å². The van der Waals surface area contributed by atoms with Crippen molar-refractivity contribution in [2.45, 2.75) is 13.0 Å². The topological polar surface area (TPSA) is 34.1 Å². The smallest absolute Gasteiger partial charge is 0.0715 e. The van der Waals surface area contributed by atoms with Gasteiger partial charge in [-0.25, -0.2) is 0 Å². The number of methoxy groups -OCH3 is 1. The first-order valence-corrected chi connectivity index (χ1v) is 4.89. The average molecular weight is 245 g/mol. The number of pyridine rings is 1. The summed E-state index contributed by atoms with van der Waals surface area (Å²) in [7, 11) is 1.70. The first kappa shape index (κ1) is 10.5. The van der Waals surface area contributed by atoms with E-state index in [0.29, 0.717) is 0 Å². The van der Waals surface area contributed by atoms with Gasteiger partial charge in [0.05, 0.1) is 18.0 Å². The SMILES string of the molecule is COC(C)CNc1cncc(Br)c1. The van der Waals surface area contributed by atoms with Crippen LogP contribution in [-0.4, -0.2) is 24.7 Å². The van der Waals surface area contributed by atoms with Gasteiger partial charge < -0.3 is 10.1 Å². The van der Waals surface area contributed by atoms with Gasteiger partial charge in [-0.3, -0.25) is 4.98 Å². The molecule has 0 aliphatic rings. The van der Waals surface area contributed by atoms with Gasteiger partial charge >= 0.3 is 0 Å². The monoisotopic (exact) mass is 244 g/mol. The second kappa shape index (κ2) is 5.19. The minimum atomic E-state index is 0.207. The van der Waals surface area contributed by atoms with Crippen molar-refractivity contribution in [1.29, 1.82) is 0 Å². The Kier molecular flexibility index (Phi) is 4.18.